The smallest absolute Gasteiger partial charge is 0.201 e. The fourth-order valence-electron chi connectivity index (χ4n) is 0.387. The summed E-state index contributed by atoms with van der Waals surface area (Å²) in [5.41, 5.74) is 0. The zero-order valence-corrected chi connectivity index (χ0v) is 6.28. The molecular formula is C5F10. The van der Waals surface area contributed by atoms with Gasteiger partial charge in [0.2, 0.25) is 11.7 Å². The fraction of sp³-hybridized carbons (Fsp3) is 0.600. The standard InChI is InChI=1S/C5F10/c6-1(2(7)4(10,11)12)3(8,9)5(13,14)15. The van der Waals surface area contributed by atoms with Gasteiger partial charge in [0.05, 0.1) is 0 Å². The molecule has 0 fully saturated rings. The topological polar surface area (TPSA) is 0 Å². The number of hydrogen-bond donors (Lipinski definition) is 0. The lowest BCUT2D eigenvalue weighted by atomic mass is 10.2. The summed E-state index contributed by atoms with van der Waals surface area (Å²) >= 11 is 0. The zero-order valence-electron chi connectivity index (χ0n) is 6.28. The van der Waals surface area contributed by atoms with Crippen LogP contribution in [0.15, 0.2) is 11.7 Å². The molecule has 0 aromatic heterocycles. The number of halogens is 10. The molecule has 0 saturated heterocycles. The minimum Gasteiger partial charge on any atom is -0.201 e. The molecule has 0 aromatic rings. The van der Waals surface area contributed by atoms with Gasteiger partial charge in [0.25, 0.3) is 0 Å². The van der Waals surface area contributed by atoms with E-state index in [2.05, 4.69) is 0 Å². The third-order valence-corrected chi connectivity index (χ3v) is 1.07. The van der Waals surface area contributed by atoms with E-state index in [4.69, 9.17) is 0 Å². The van der Waals surface area contributed by atoms with Crippen LogP contribution in [-0.2, 0) is 0 Å². The van der Waals surface area contributed by atoms with Crippen LogP contribution in [0.2, 0.25) is 0 Å². The number of allylic oxidation sites excluding steroid dienone is 2. The van der Waals surface area contributed by atoms with E-state index in [0.717, 1.165) is 0 Å². The Hall–Kier alpha value is -0.960. The first-order valence-electron chi connectivity index (χ1n) is 2.89. The van der Waals surface area contributed by atoms with Crippen LogP contribution in [-0.4, -0.2) is 18.3 Å². The van der Waals surface area contributed by atoms with Crippen molar-refractivity contribution in [2.24, 2.45) is 0 Å². The molecule has 0 aliphatic heterocycles. The lowest BCUT2D eigenvalue weighted by Crippen LogP contribution is -2.38. The molecule has 0 radical (unpaired) electrons. The molecule has 10 heteroatoms. The molecule has 0 amide bonds. The van der Waals surface area contributed by atoms with Crippen LogP contribution >= 0.6 is 0 Å². The highest BCUT2D eigenvalue weighted by Crippen LogP contribution is 2.45. The summed E-state index contributed by atoms with van der Waals surface area (Å²) in [6.07, 6.45) is -12.9. The molecule has 0 atom stereocenters. The molecule has 0 aliphatic rings. The van der Waals surface area contributed by atoms with Crippen molar-refractivity contribution in [1.82, 2.24) is 0 Å². The maximum Gasteiger partial charge on any atom is 0.460 e. The quantitative estimate of drug-likeness (QED) is 0.619. The lowest BCUT2D eigenvalue weighted by molar-refractivity contribution is -0.272. The van der Waals surface area contributed by atoms with Crippen molar-refractivity contribution < 1.29 is 43.9 Å². The average Bonchev–Trinajstić information content (AvgIpc) is 1.97. The molecule has 0 spiro atoms. The third kappa shape index (κ3) is 2.75. The van der Waals surface area contributed by atoms with E-state index in [1.165, 1.54) is 0 Å². The molecular weight excluding hydrogens is 250 g/mol. The van der Waals surface area contributed by atoms with Gasteiger partial charge in [-0.3, -0.25) is 0 Å². The summed E-state index contributed by atoms with van der Waals surface area (Å²) in [5, 5.41) is 0. The van der Waals surface area contributed by atoms with Gasteiger partial charge in [0.15, 0.2) is 0 Å². The van der Waals surface area contributed by atoms with Crippen LogP contribution in [0.5, 0.6) is 0 Å². The van der Waals surface area contributed by atoms with Crippen LogP contribution in [0.3, 0.4) is 0 Å². The Labute approximate surface area is 75.2 Å². The van der Waals surface area contributed by atoms with E-state index in [9.17, 15) is 43.9 Å². The number of alkyl halides is 8. The van der Waals surface area contributed by atoms with Gasteiger partial charge in [0, 0.05) is 0 Å². The van der Waals surface area contributed by atoms with Crippen LogP contribution < -0.4 is 0 Å². The second-order valence-electron chi connectivity index (χ2n) is 2.20. The Morgan fingerprint density at radius 2 is 0.933 bits per heavy atom. The van der Waals surface area contributed by atoms with Gasteiger partial charge < -0.3 is 0 Å². The molecule has 0 aliphatic carbocycles. The van der Waals surface area contributed by atoms with E-state index < -0.39 is 29.9 Å². The van der Waals surface area contributed by atoms with Crippen molar-refractivity contribution in [1.29, 1.82) is 0 Å². The minimum atomic E-state index is -6.64. The molecule has 0 aromatic carbocycles. The number of hydrogen-bond acceptors (Lipinski definition) is 0. The van der Waals surface area contributed by atoms with E-state index in [0.29, 0.717) is 0 Å². The largest absolute Gasteiger partial charge is 0.460 e. The van der Waals surface area contributed by atoms with Crippen molar-refractivity contribution in [3.8, 4) is 0 Å². The van der Waals surface area contributed by atoms with Crippen LogP contribution in [0.25, 0.3) is 0 Å². The lowest BCUT2D eigenvalue weighted by Gasteiger charge is -2.18. The van der Waals surface area contributed by atoms with E-state index in [1.807, 2.05) is 0 Å². The van der Waals surface area contributed by atoms with E-state index >= 15 is 0 Å². The first kappa shape index (κ1) is 14.0. The Morgan fingerprint density at radius 3 is 1.13 bits per heavy atom. The van der Waals surface area contributed by atoms with Crippen molar-refractivity contribution in [3.05, 3.63) is 11.7 Å². The summed E-state index contributed by atoms with van der Waals surface area (Å²) in [5.74, 6) is -14.8. The van der Waals surface area contributed by atoms with Gasteiger partial charge >= 0.3 is 18.3 Å². The average molecular weight is 250 g/mol. The van der Waals surface area contributed by atoms with Crippen molar-refractivity contribution in [2.75, 3.05) is 0 Å². The van der Waals surface area contributed by atoms with Crippen molar-refractivity contribution in [3.63, 3.8) is 0 Å². The zero-order chi connectivity index (χ0) is 12.7. The summed E-state index contributed by atoms with van der Waals surface area (Å²) in [7, 11) is 0. The van der Waals surface area contributed by atoms with Gasteiger partial charge in [-0.15, -0.1) is 0 Å². The Bertz CT molecular complexity index is 265. The molecule has 0 N–H and O–H groups in total. The van der Waals surface area contributed by atoms with Crippen LogP contribution in [0.1, 0.15) is 0 Å². The van der Waals surface area contributed by atoms with Crippen molar-refractivity contribution >= 4 is 0 Å². The number of rotatable bonds is 1. The van der Waals surface area contributed by atoms with Gasteiger partial charge in [-0.1, -0.05) is 0 Å². The summed E-state index contributed by atoms with van der Waals surface area (Å²) in [6, 6.07) is 0. The van der Waals surface area contributed by atoms with E-state index in [-0.39, 0.29) is 0 Å². The Kier molecular flexibility index (Phi) is 3.33. The molecule has 15 heavy (non-hydrogen) atoms. The predicted molar refractivity (Wildman–Crippen MR) is 26.3 cm³/mol. The Morgan fingerprint density at radius 1 is 0.600 bits per heavy atom. The summed E-state index contributed by atoms with van der Waals surface area (Å²) < 4.78 is 115. The third-order valence-electron chi connectivity index (χ3n) is 1.07. The Balaban J connectivity index is 5.44. The molecule has 90 valence electrons. The highest BCUT2D eigenvalue weighted by Gasteiger charge is 2.64. The molecule has 0 bridgehead atoms. The first-order valence-corrected chi connectivity index (χ1v) is 2.89. The highest BCUT2D eigenvalue weighted by atomic mass is 19.4. The maximum absolute atomic E-state index is 11.9. The molecule has 0 nitrogen and oxygen atoms in total. The molecule has 0 heterocycles. The SMILES string of the molecule is FC(=C(F)C(F)(F)C(F)(F)F)C(F)(F)F. The van der Waals surface area contributed by atoms with Crippen LogP contribution in [0, 0.1) is 0 Å². The monoisotopic (exact) mass is 250 g/mol. The maximum atomic E-state index is 11.9. The second kappa shape index (κ2) is 3.56. The molecule has 0 saturated carbocycles. The van der Waals surface area contributed by atoms with Crippen LogP contribution in [0.4, 0.5) is 43.9 Å². The summed E-state index contributed by atoms with van der Waals surface area (Å²) in [6.45, 7) is 0. The fourth-order valence-corrected chi connectivity index (χ4v) is 0.387. The van der Waals surface area contributed by atoms with Gasteiger partial charge in [-0.05, 0) is 0 Å². The van der Waals surface area contributed by atoms with Gasteiger partial charge in [-0.25, -0.2) is 4.39 Å². The minimum absolute atomic E-state index is 4.11. The summed E-state index contributed by atoms with van der Waals surface area (Å²) in [4.78, 5) is 0. The molecule has 0 rings (SSSR count). The predicted octanol–water partition coefficient (Wildman–Crippen LogP) is 3.90. The normalized spacial score (nSPS) is 16.4. The first-order chi connectivity index (χ1) is 6.32. The molecule has 0 unspecified atom stereocenters. The van der Waals surface area contributed by atoms with Gasteiger partial charge in [-0.2, -0.15) is 39.5 Å². The van der Waals surface area contributed by atoms with Gasteiger partial charge in [0.1, 0.15) is 0 Å². The van der Waals surface area contributed by atoms with Crippen molar-refractivity contribution in [2.45, 2.75) is 18.3 Å². The second-order valence-corrected chi connectivity index (χ2v) is 2.20. The highest BCUT2D eigenvalue weighted by molar-refractivity contribution is 5.15. The van der Waals surface area contributed by atoms with E-state index in [1.54, 1.807) is 0 Å².